The summed E-state index contributed by atoms with van der Waals surface area (Å²) in [6.45, 7) is 2.43. The first-order chi connectivity index (χ1) is 9.32. The molecule has 1 heterocycles. The molecular formula is C13H17BrFNO3S. The maximum atomic E-state index is 13.5. The van der Waals surface area contributed by atoms with Gasteiger partial charge in [-0.15, -0.1) is 0 Å². The van der Waals surface area contributed by atoms with Gasteiger partial charge in [0.15, 0.2) is 0 Å². The van der Waals surface area contributed by atoms with Gasteiger partial charge in [-0.05, 0) is 59.8 Å². The molecule has 1 fully saturated rings. The Morgan fingerprint density at radius 2 is 2.00 bits per heavy atom. The molecule has 1 N–H and O–H groups in total. The van der Waals surface area contributed by atoms with Crippen molar-refractivity contribution in [2.45, 2.75) is 30.8 Å². The van der Waals surface area contributed by atoms with Crippen LogP contribution in [0.25, 0.3) is 0 Å². The van der Waals surface area contributed by atoms with Gasteiger partial charge in [0.2, 0.25) is 10.0 Å². The van der Waals surface area contributed by atoms with E-state index in [1.54, 1.807) is 6.92 Å². The molecule has 1 unspecified atom stereocenters. The fourth-order valence-corrected chi connectivity index (χ4v) is 4.11. The molecule has 1 aliphatic heterocycles. The molecule has 1 aromatic carbocycles. The quantitative estimate of drug-likeness (QED) is 0.894. The van der Waals surface area contributed by atoms with Crippen LogP contribution in [-0.2, 0) is 10.0 Å². The summed E-state index contributed by atoms with van der Waals surface area (Å²) >= 11 is 3.00. The van der Waals surface area contributed by atoms with Gasteiger partial charge in [0.25, 0.3) is 0 Å². The van der Waals surface area contributed by atoms with Crippen molar-refractivity contribution in [2.24, 2.45) is 5.92 Å². The van der Waals surface area contributed by atoms with Crippen LogP contribution in [-0.4, -0.2) is 37.0 Å². The second kappa shape index (κ2) is 6.09. The maximum Gasteiger partial charge on any atom is 0.243 e. The molecule has 7 heteroatoms. The Morgan fingerprint density at radius 3 is 2.50 bits per heavy atom. The molecule has 0 amide bonds. The predicted molar refractivity (Wildman–Crippen MR) is 77.3 cm³/mol. The molecule has 112 valence electrons. The van der Waals surface area contributed by atoms with Crippen LogP contribution < -0.4 is 0 Å². The Labute approximate surface area is 126 Å². The average Bonchev–Trinajstić information content (AvgIpc) is 2.41. The van der Waals surface area contributed by atoms with E-state index in [1.165, 1.54) is 16.4 Å². The van der Waals surface area contributed by atoms with Crippen LogP contribution in [0.4, 0.5) is 4.39 Å². The summed E-state index contributed by atoms with van der Waals surface area (Å²) in [4.78, 5) is -0.0336. The summed E-state index contributed by atoms with van der Waals surface area (Å²) in [5.74, 6) is -0.465. The minimum atomic E-state index is -3.66. The van der Waals surface area contributed by atoms with E-state index in [0.29, 0.717) is 25.9 Å². The molecule has 0 spiro atoms. The average molecular weight is 366 g/mol. The van der Waals surface area contributed by atoms with E-state index in [9.17, 15) is 17.9 Å². The van der Waals surface area contributed by atoms with E-state index in [1.807, 2.05) is 0 Å². The summed E-state index contributed by atoms with van der Waals surface area (Å²) in [5, 5.41) is 9.53. The highest BCUT2D eigenvalue weighted by Gasteiger charge is 2.31. The van der Waals surface area contributed by atoms with Crippen molar-refractivity contribution in [3.63, 3.8) is 0 Å². The Morgan fingerprint density at radius 1 is 1.40 bits per heavy atom. The molecule has 20 heavy (non-hydrogen) atoms. The normalized spacial score (nSPS) is 20.0. The summed E-state index contributed by atoms with van der Waals surface area (Å²) in [6, 6.07) is 3.81. The van der Waals surface area contributed by atoms with Crippen LogP contribution >= 0.6 is 15.9 Å². The molecular weight excluding hydrogens is 349 g/mol. The zero-order chi connectivity index (χ0) is 14.9. The summed E-state index contributed by atoms with van der Waals surface area (Å²) in [5.41, 5.74) is 0. The molecule has 1 aromatic rings. The minimum Gasteiger partial charge on any atom is -0.393 e. The van der Waals surface area contributed by atoms with Gasteiger partial charge >= 0.3 is 0 Å². The predicted octanol–water partition coefficient (Wildman–Crippen LogP) is 2.37. The number of aliphatic hydroxyl groups is 1. The first-order valence-corrected chi connectivity index (χ1v) is 8.69. The van der Waals surface area contributed by atoms with Crippen molar-refractivity contribution in [3.8, 4) is 0 Å². The lowest BCUT2D eigenvalue weighted by Gasteiger charge is -2.32. The minimum absolute atomic E-state index is 0.0336. The van der Waals surface area contributed by atoms with Gasteiger partial charge in [-0.1, -0.05) is 0 Å². The number of hydrogen-bond acceptors (Lipinski definition) is 3. The van der Waals surface area contributed by atoms with Gasteiger partial charge < -0.3 is 5.11 Å². The van der Waals surface area contributed by atoms with E-state index >= 15 is 0 Å². The first kappa shape index (κ1) is 15.9. The number of aliphatic hydroxyl groups excluding tert-OH is 1. The third kappa shape index (κ3) is 3.21. The zero-order valence-electron chi connectivity index (χ0n) is 11.1. The van der Waals surface area contributed by atoms with E-state index in [-0.39, 0.29) is 15.3 Å². The lowest BCUT2D eigenvalue weighted by molar-refractivity contribution is 0.0912. The maximum absolute atomic E-state index is 13.5. The second-order valence-electron chi connectivity index (χ2n) is 5.06. The third-order valence-corrected chi connectivity index (χ3v) is 6.25. The van der Waals surface area contributed by atoms with Gasteiger partial charge in [-0.3, -0.25) is 0 Å². The van der Waals surface area contributed by atoms with E-state index < -0.39 is 21.9 Å². The van der Waals surface area contributed by atoms with Crippen molar-refractivity contribution in [2.75, 3.05) is 13.1 Å². The van der Waals surface area contributed by atoms with Crippen molar-refractivity contribution < 1.29 is 17.9 Å². The number of sulfonamides is 1. The highest BCUT2D eigenvalue weighted by molar-refractivity contribution is 9.10. The Hall–Kier alpha value is -0.500. The van der Waals surface area contributed by atoms with Gasteiger partial charge in [0.1, 0.15) is 5.82 Å². The lowest BCUT2D eigenvalue weighted by atomic mass is 9.93. The van der Waals surface area contributed by atoms with Crippen LogP contribution in [0.15, 0.2) is 27.6 Å². The van der Waals surface area contributed by atoms with Crippen LogP contribution in [0.5, 0.6) is 0 Å². The third-order valence-electron chi connectivity index (χ3n) is 3.71. The van der Waals surface area contributed by atoms with Crippen LogP contribution in [0.1, 0.15) is 19.8 Å². The Kier molecular flexibility index (Phi) is 4.84. The van der Waals surface area contributed by atoms with Crippen molar-refractivity contribution in [1.82, 2.24) is 4.31 Å². The van der Waals surface area contributed by atoms with Crippen molar-refractivity contribution in [3.05, 3.63) is 28.5 Å². The van der Waals surface area contributed by atoms with Crippen molar-refractivity contribution >= 4 is 26.0 Å². The molecule has 0 bridgehead atoms. The lowest BCUT2D eigenvalue weighted by Crippen LogP contribution is -2.40. The standard InChI is InChI=1S/C13H17BrFNO3S/c1-9(17)10-4-6-16(7-5-10)20(18,19)11-2-3-12(14)13(15)8-11/h2-3,8-10,17H,4-7H2,1H3. The molecule has 0 aromatic heterocycles. The molecule has 1 atom stereocenters. The Bertz CT molecular complexity index is 583. The number of benzene rings is 1. The molecule has 0 radical (unpaired) electrons. The molecule has 1 saturated heterocycles. The highest BCUT2D eigenvalue weighted by Crippen LogP contribution is 2.27. The first-order valence-electron chi connectivity index (χ1n) is 6.45. The monoisotopic (exact) mass is 365 g/mol. The molecule has 1 aliphatic rings. The highest BCUT2D eigenvalue weighted by atomic mass is 79.9. The van der Waals surface area contributed by atoms with Gasteiger partial charge in [0.05, 0.1) is 15.5 Å². The summed E-state index contributed by atoms with van der Waals surface area (Å²) in [7, 11) is -3.66. The van der Waals surface area contributed by atoms with Crippen LogP contribution in [0.3, 0.4) is 0 Å². The Balaban J connectivity index is 2.17. The van der Waals surface area contributed by atoms with Gasteiger partial charge in [-0.25, -0.2) is 12.8 Å². The second-order valence-corrected chi connectivity index (χ2v) is 7.85. The SMILES string of the molecule is CC(O)C1CCN(S(=O)(=O)c2ccc(Br)c(F)c2)CC1. The fourth-order valence-electron chi connectivity index (χ4n) is 2.38. The molecule has 4 nitrogen and oxygen atoms in total. The molecule has 0 aliphatic carbocycles. The van der Waals surface area contributed by atoms with E-state index in [2.05, 4.69) is 15.9 Å². The number of hydrogen-bond donors (Lipinski definition) is 1. The number of piperidine rings is 1. The smallest absolute Gasteiger partial charge is 0.243 e. The number of halogens is 2. The number of nitrogens with zero attached hydrogens (tertiary/aromatic N) is 1. The molecule has 2 rings (SSSR count). The van der Waals surface area contributed by atoms with E-state index in [0.717, 1.165) is 6.07 Å². The van der Waals surface area contributed by atoms with Crippen LogP contribution in [0.2, 0.25) is 0 Å². The van der Waals surface area contributed by atoms with E-state index in [4.69, 9.17) is 0 Å². The topological polar surface area (TPSA) is 57.6 Å². The van der Waals surface area contributed by atoms with Crippen LogP contribution in [0, 0.1) is 11.7 Å². The summed E-state index contributed by atoms with van der Waals surface area (Å²) in [6.07, 6.45) is 0.816. The zero-order valence-corrected chi connectivity index (χ0v) is 13.5. The number of rotatable bonds is 3. The van der Waals surface area contributed by atoms with Crippen molar-refractivity contribution in [1.29, 1.82) is 0 Å². The van der Waals surface area contributed by atoms with Gasteiger partial charge in [0, 0.05) is 13.1 Å². The fraction of sp³-hybridized carbons (Fsp3) is 0.538. The molecule has 0 saturated carbocycles. The largest absolute Gasteiger partial charge is 0.393 e. The summed E-state index contributed by atoms with van der Waals surface area (Å²) < 4.78 is 39.9. The van der Waals surface area contributed by atoms with Gasteiger partial charge in [-0.2, -0.15) is 4.31 Å².